The quantitative estimate of drug-likeness (QED) is 0.294. The number of amides is 2. The summed E-state index contributed by atoms with van der Waals surface area (Å²) in [4.78, 5) is 36.0. The molecular weight excluding hydrogens is 488 g/mol. The molecule has 2 N–H and O–H groups in total. The summed E-state index contributed by atoms with van der Waals surface area (Å²) < 4.78 is 10.7. The summed E-state index contributed by atoms with van der Waals surface area (Å²) >= 11 is 3.49. The molecule has 0 aliphatic carbocycles. The van der Waals surface area contributed by atoms with E-state index in [2.05, 4.69) is 26.6 Å². The molecule has 0 aromatic heterocycles. The van der Waals surface area contributed by atoms with Crippen molar-refractivity contribution in [1.82, 2.24) is 0 Å². The van der Waals surface area contributed by atoms with Crippen LogP contribution in [0.4, 0.5) is 16.2 Å². The van der Waals surface area contributed by atoms with E-state index in [1.807, 2.05) is 24.3 Å². The van der Waals surface area contributed by atoms with Gasteiger partial charge in [0.2, 0.25) is 5.91 Å². The van der Waals surface area contributed by atoms with Crippen LogP contribution in [0.2, 0.25) is 0 Å². The van der Waals surface area contributed by atoms with Crippen molar-refractivity contribution < 1.29 is 23.9 Å². The number of anilines is 2. The van der Waals surface area contributed by atoms with Crippen LogP contribution >= 0.6 is 15.9 Å². The number of hydrogen-bond acceptors (Lipinski definition) is 5. The Hall–Kier alpha value is -3.65. The van der Waals surface area contributed by atoms with Crippen molar-refractivity contribution in [1.29, 1.82) is 0 Å². The molecule has 0 unspecified atom stereocenters. The fraction of sp³-hybridized carbons (Fsp3) is 0.160. The molecule has 0 bridgehead atoms. The van der Waals surface area contributed by atoms with Crippen molar-refractivity contribution >= 4 is 45.3 Å². The van der Waals surface area contributed by atoms with Gasteiger partial charge in [0, 0.05) is 27.8 Å². The maximum atomic E-state index is 12.4. The molecule has 2 amide bonds. The average molecular weight is 511 g/mol. The summed E-state index contributed by atoms with van der Waals surface area (Å²) in [6.07, 6.45) is 0.192. The van der Waals surface area contributed by atoms with Gasteiger partial charge >= 0.3 is 6.16 Å². The van der Waals surface area contributed by atoms with Crippen LogP contribution in [0, 0.1) is 0 Å². The first kappa shape index (κ1) is 24.0. The topological polar surface area (TPSA) is 93.7 Å². The van der Waals surface area contributed by atoms with E-state index < -0.39 is 6.16 Å². The Morgan fingerprint density at radius 2 is 1.48 bits per heavy atom. The van der Waals surface area contributed by atoms with Gasteiger partial charge in [0.1, 0.15) is 5.75 Å². The first-order valence-electron chi connectivity index (χ1n) is 10.3. The molecule has 0 heterocycles. The minimum absolute atomic E-state index is 0.0901. The summed E-state index contributed by atoms with van der Waals surface area (Å²) in [6.45, 7) is 1.90. The summed E-state index contributed by atoms with van der Waals surface area (Å²) in [7, 11) is 0. The number of rotatable bonds is 8. The Morgan fingerprint density at radius 1 is 0.848 bits per heavy atom. The summed E-state index contributed by atoms with van der Waals surface area (Å²) in [6, 6.07) is 20.8. The fourth-order valence-corrected chi connectivity index (χ4v) is 3.41. The van der Waals surface area contributed by atoms with Gasteiger partial charge in [-0.1, -0.05) is 34.1 Å². The summed E-state index contributed by atoms with van der Waals surface area (Å²) in [5.41, 5.74) is 2.70. The molecule has 3 aromatic carbocycles. The van der Waals surface area contributed by atoms with Gasteiger partial charge in [0.25, 0.3) is 5.91 Å². The van der Waals surface area contributed by atoms with Crippen molar-refractivity contribution in [2.75, 3.05) is 17.2 Å². The van der Waals surface area contributed by atoms with E-state index in [9.17, 15) is 14.4 Å². The summed E-state index contributed by atoms with van der Waals surface area (Å²) in [5.74, 6) is -0.125. The van der Waals surface area contributed by atoms with E-state index in [4.69, 9.17) is 9.47 Å². The molecule has 0 saturated carbocycles. The molecule has 3 aromatic rings. The highest BCUT2D eigenvalue weighted by atomic mass is 79.9. The molecule has 0 spiro atoms. The van der Waals surface area contributed by atoms with E-state index >= 15 is 0 Å². The van der Waals surface area contributed by atoms with Crippen LogP contribution in [-0.4, -0.2) is 24.6 Å². The SMILES string of the molecule is CCOC(=O)Oc1ccc(C(=O)Nc2ccc(NC(=O)CCc3ccccc3Br)cc2)cc1. The van der Waals surface area contributed by atoms with Crippen LogP contribution in [0.25, 0.3) is 0 Å². The second kappa shape index (κ2) is 11.8. The number of nitrogens with one attached hydrogen (secondary N) is 2. The lowest BCUT2D eigenvalue weighted by Crippen LogP contribution is -2.14. The maximum Gasteiger partial charge on any atom is 0.513 e. The first-order valence-corrected chi connectivity index (χ1v) is 11.1. The van der Waals surface area contributed by atoms with Crippen molar-refractivity contribution in [2.45, 2.75) is 19.8 Å². The Morgan fingerprint density at radius 3 is 2.12 bits per heavy atom. The average Bonchev–Trinajstić information content (AvgIpc) is 2.80. The van der Waals surface area contributed by atoms with Gasteiger partial charge in [-0.05, 0) is 73.5 Å². The van der Waals surface area contributed by atoms with Gasteiger partial charge in [-0.2, -0.15) is 0 Å². The van der Waals surface area contributed by atoms with Crippen LogP contribution < -0.4 is 15.4 Å². The third-order valence-corrected chi connectivity index (χ3v) is 5.36. The van der Waals surface area contributed by atoms with Gasteiger partial charge < -0.3 is 20.1 Å². The van der Waals surface area contributed by atoms with Crippen LogP contribution in [0.3, 0.4) is 0 Å². The maximum absolute atomic E-state index is 12.4. The van der Waals surface area contributed by atoms with Gasteiger partial charge in [-0.3, -0.25) is 9.59 Å². The normalized spacial score (nSPS) is 10.2. The third kappa shape index (κ3) is 7.47. The molecular formula is C25H23BrN2O5. The monoisotopic (exact) mass is 510 g/mol. The van der Waals surface area contributed by atoms with Crippen molar-refractivity contribution in [3.8, 4) is 5.75 Å². The van der Waals surface area contributed by atoms with Crippen molar-refractivity contribution in [3.05, 3.63) is 88.4 Å². The number of carbonyl (C=O) groups excluding carboxylic acids is 3. The molecule has 0 fully saturated rings. The Labute approximate surface area is 200 Å². The lowest BCUT2D eigenvalue weighted by atomic mass is 10.1. The van der Waals surface area contributed by atoms with E-state index in [0.717, 1.165) is 10.0 Å². The lowest BCUT2D eigenvalue weighted by Gasteiger charge is -2.09. The predicted molar refractivity (Wildman–Crippen MR) is 130 cm³/mol. The standard InChI is InChI=1S/C25H23BrN2O5/c1-2-32-25(31)33-21-14-7-18(8-15-21)24(30)28-20-12-10-19(11-13-20)27-23(29)16-9-17-5-3-4-6-22(17)26/h3-8,10-15H,2,9,16H2,1H3,(H,27,29)(H,28,30). The molecule has 0 aliphatic heterocycles. The van der Waals surface area contributed by atoms with Crippen molar-refractivity contribution in [3.63, 3.8) is 0 Å². The van der Waals surface area contributed by atoms with E-state index in [1.165, 1.54) is 12.1 Å². The lowest BCUT2D eigenvalue weighted by molar-refractivity contribution is -0.116. The summed E-state index contributed by atoms with van der Waals surface area (Å²) in [5, 5.41) is 5.64. The highest BCUT2D eigenvalue weighted by Gasteiger charge is 2.10. The second-order valence-corrected chi connectivity index (χ2v) is 7.83. The Bertz CT molecular complexity index is 1110. The van der Waals surface area contributed by atoms with Crippen LogP contribution in [0.15, 0.2) is 77.3 Å². The number of hydrogen-bond donors (Lipinski definition) is 2. The molecule has 0 aliphatic rings. The highest BCUT2D eigenvalue weighted by Crippen LogP contribution is 2.19. The number of benzene rings is 3. The molecule has 8 heteroatoms. The van der Waals surface area contributed by atoms with Gasteiger partial charge in [0.15, 0.2) is 0 Å². The zero-order valence-corrected chi connectivity index (χ0v) is 19.6. The first-order chi connectivity index (χ1) is 15.9. The van der Waals surface area contributed by atoms with Gasteiger partial charge in [-0.15, -0.1) is 0 Å². The fourth-order valence-electron chi connectivity index (χ4n) is 2.93. The highest BCUT2D eigenvalue weighted by molar-refractivity contribution is 9.10. The van der Waals surface area contributed by atoms with E-state index in [0.29, 0.717) is 29.8 Å². The molecule has 33 heavy (non-hydrogen) atoms. The Balaban J connectivity index is 1.49. The predicted octanol–water partition coefficient (Wildman–Crippen LogP) is 5.81. The number of halogens is 1. The second-order valence-electron chi connectivity index (χ2n) is 6.98. The zero-order chi connectivity index (χ0) is 23.6. The minimum atomic E-state index is -0.796. The van der Waals surface area contributed by atoms with Crippen molar-refractivity contribution in [2.24, 2.45) is 0 Å². The van der Waals surface area contributed by atoms with Crippen LogP contribution in [-0.2, 0) is 16.0 Å². The van der Waals surface area contributed by atoms with Gasteiger partial charge in [-0.25, -0.2) is 4.79 Å². The Kier molecular flexibility index (Phi) is 8.60. The largest absolute Gasteiger partial charge is 0.513 e. The zero-order valence-electron chi connectivity index (χ0n) is 18.0. The van der Waals surface area contributed by atoms with Crippen LogP contribution in [0.5, 0.6) is 5.75 Å². The number of ether oxygens (including phenoxy) is 2. The molecule has 7 nitrogen and oxygen atoms in total. The third-order valence-electron chi connectivity index (χ3n) is 4.59. The molecule has 0 saturated heterocycles. The van der Waals surface area contributed by atoms with Crippen LogP contribution in [0.1, 0.15) is 29.3 Å². The smallest absolute Gasteiger partial charge is 0.434 e. The van der Waals surface area contributed by atoms with E-state index in [1.54, 1.807) is 43.3 Å². The molecule has 3 rings (SSSR count). The van der Waals surface area contributed by atoms with E-state index in [-0.39, 0.29) is 24.2 Å². The molecule has 0 radical (unpaired) electrons. The number of carbonyl (C=O) groups is 3. The minimum Gasteiger partial charge on any atom is -0.434 e. The van der Waals surface area contributed by atoms with Gasteiger partial charge in [0.05, 0.1) is 6.61 Å². The molecule has 0 atom stereocenters. The number of aryl methyl sites for hydroxylation is 1. The molecule has 170 valence electrons.